The van der Waals surface area contributed by atoms with E-state index in [1.807, 2.05) is 6.07 Å². The van der Waals surface area contributed by atoms with Crippen molar-refractivity contribution in [3.63, 3.8) is 0 Å². The Morgan fingerprint density at radius 3 is 2.11 bits per heavy atom. The van der Waals surface area contributed by atoms with Gasteiger partial charge >= 0.3 is 0 Å². The van der Waals surface area contributed by atoms with Crippen LogP contribution in [-0.2, 0) is 0 Å². The topological polar surface area (TPSA) is 41.1 Å². The van der Waals surface area contributed by atoms with Crippen molar-refractivity contribution in [3.05, 3.63) is 66.7 Å². The van der Waals surface area contributed by atoms with Crippen molar-refractivity contribution >= 4 is 5.82 Å². The average molecular weight is 371 g/mol. The fourth-order valence-corrected chi connectivity index (χ4v) is 4.74. The number of nitrogens with one attached hydrogen (secondary N) is 1. The van der Waals surface area contributed by atoms with E-state index >= 15 is 0 Å². The Morgan fingerprint density at radius 2 is 1.46 bits per heavy atom. The summed E-state index contributed by atoms with van der Waals surface area (Å²) in [5, 5.41) is 12.6. The fourth-order valence-electron chi connectivity index (χ4n) is 4.74. The lowest BCUT2D eigenvalue weighted by Gasteiger charge is -2.50. The van der Waals surface area contributed by atoms with Crippen molar-refractivity contribution in [2.75, 3.05) is 18.4 Å². The molecule has 2 aromatic carbocycles. The van der Waals surface area contributed by atoms with E-state index < -0.39 is 0 Å². The Bertz CT molecular complexity index is 911. The van der Waals surface area contributed by atoms with E-state index in [9.17, 15) is 0 Å². The van der Waals surface area contributed by atoms with Crippen LogP contribution in [-0.4, -0.2) is 40.3 Å². The van der Waals surface area contributed by atoms with E-state index in [1.54, 1.807) is 0 Å². The minimum absolute atomic E-state index is 0.479. The van der Waals surface area contributed by atoms with Gasteiger partial charge in [-0.15, -0.1) is 10.2 Å². The highest BCUT2D eigenvalue weighted by Crippen LogP contribution is 2.34. The quantitative estimate of drug-likeness (QED) is 0.722. The van der Waals surface area contributed by atoms with E-state index in [1.165, 1.54) is 37.1 Å². The smallest absolute Gasteiger partial charge is 0.148 e. The summed E-state index contributed by atoms with van der Waals surface area (Å²) in [6.07, 6.45) is 2.59. The predicted octanol–water partition coefficient (Wildman–Crippen LogP) is 4.71. The minimum Gasteiger partial charge on any atom is -0.364 e. The van der Waals surface area contributed by atoms with Gasteiger partial charge in [-0.25, -0.2) is 0 Å². The summed E-state index contributed by atoms with van der Waals surface area (Å²) < 4.78 is 0. The first-order valence-corrected chi connectivity index (χ1v) is 10.3. The summed E-state index contributed by atoms with van der Waals surface area (Å²) >= 11 is 0. The summed E-state index contributed by atoms with van der Waals surface area (Å²) in [5.41, 5.74) is 4.44. The van der Waals surface area contributed by atoms with Gasteiger partial charge in [0.2, 0.25) is 0 Å². The molecule has 3 aromatic rings. The predicted molar refractivity (Wildman–Crippen MR) is 114 cm³/mol. The van der Waals surface area contributed by atoms with Gasteiger partial charge < -0.3 is 5.32 Å². The molecule has 1 aromatic heterocycles. The largest absolute Gasteiger partial charge is 0.364 e. The Kier molecular flexibility index (Phi) is 4.57. The van der Waals surface area contributed by atoms with Crippen LogP contribution in [0.15, 0.2) is 66.7 Å². The van der Waals surface area contributed by atoms with E-state index in [-0.39, 0.29) is 0 Å². The zero-order valence-corrected chi connectivity index (χ0v) is 16.3. The summed E-state index contributed by atoms with van der Waals surface area (Å²) in [6, 6.07) is 24.1. The van der Waals surface area contributed by atoms with Crippen molar-refractivity contribution < 1.29 is 0 Å². The molecule has 6 rings (SSSR count). The van der Waals surface area contributed by atoms with Gasteiger partial charge in [-0.05, 0) is 62.0 Å². The van der Waals surface area contributed by atoms with Gasteiger partial charge in [0.25, 0.3) is 0 Å². The van der Waals surface area contributed by atoms with Crippen molar-refractivity contribution in [1.82, 2.24) is 15.1 Å². The van der Waals surface area contributed by atoms with Crippen LogP contribution < -0.4 is 5.32 Å². The maximum Gasteiger partial charge on any atom is 0.148 e. The third-order valence-corrected chi connectivity index (χ3v) is 6.44. The minimum atomic E-state index is 0.479. The van der Waals surface area contributed by atoms with Gasteiger partial charge in [-0.2, -0.15) is 0 Å². The molecule has 0 amide bonds. The second kappa shape index (κ2) is 7.36. The number of hydrogen-bond acceptors (Lipinski definition) is 4. The molecule has 142 valence electrons. The number of rotatable bonds is 4. The summed E-state index contributed by atoms with van der Waals surface area (Å²) in [7, 11) is 0. The number of fused-ring (bicyclic) bond motifs is 3. The third-order valence-electron chi connectivity index (χ3n) is 6.44. The van der Waals surface area contributed by atoms with Crippen LogP contribution in [0.1, 0.15) is 19.8 Å². The highest BCUT2D eigenvalue weighted by Gasteiger charge is 2.39. The molecule has 0 spiro atoms. The number of nitrogens with zero attached hydrogens (tertiary/aromatic N) is 3. The molecule has 0 saturated carbocycles. The molecule has 3 fully saturated rings. The lowest BCUT2D eigenvalue weighted by Crippen LogP contribution is -2.59. The molecular weight excluding hydrogens is 344 g/mol. The second-order valence-corrected chi connectivity index (χ2v) is 8.03. The highest BCUT2D eigenvalue weighted by atomic mass is 15.2. The molecular formula is C24H26N4. The molecule has 4 heterocycles. The first kappa shape index (κ1) is 17.4. The molecule has 3 aliphatic heterocycles. The van der Waals surface area contributed by atoms with Gasteiger partial charge in [0.15, 0.2) is 0 Å². The molecule has 2 unspecified atom stereocenters. The van der Waals surface area contributed by atoms with E-state index in [2.05, 4.69) is 88.0 Å². The first-order valence-electron chi connectivity index (χ1n) is 10.3. The van der Waals surface area contributed by atoms with Crippen LogP contribution in [0.2, 0.25) is 0 Å². The summed E-state index contributed by atoms with van der Waals surface area (Å²) in [5.74, 6) is 1.64. The normalized spacial score (nSPS) is 26.2. The first-order chi connectivity index (χ1) is 13.8. The van der Waals surface area contributed by atoms with E-state index in [0.29, 0.717) is 12.1 Å². The zero-order valence-electron chi connectivity index (χ0n) is 16.3. The maximum atomic E-state index is 4.48. The standard InChI is InChI=1S/C24H26N4/c1-17-24(21-13-15-28(17)16-14-21)25-23-12-11-22(26-27-23)20-9-7-19(8-10-20)18-5-3-2-4-6-18/h2-12,17,21,24H,13-16H2,1H3,(H,25,27). The Labute approximate surface area is 166 Å². The molecule has 0 aliphatic carbocycles. The van der Waals surface area contributed by atoms with Crippen LogP contribution in [0.3, 0.4) is 0 Å². The molecule has 1 N–H and O–H groups in total. The molecule has 2 bridgehead atoms. The van der Waals surface area contributed by atoms with E-state index in [0.717, 1.165) is 23.0 Å². The Morgan fingerprint density at radius 1 is 0.786 bits per heavy atom. The molecule has 3 saturated heterocycles. The monoisotopic (exact) mass is 370 g/mol. The Balaban J connectivity index is 1.30. The van der Waals surface area contributed by atoms with E-state index in [4.69, 9.17) is 0 Å². The third kappa shape index (κ3) is 3.29. The molecule has 0 radical (unpaired) electrons. The SMILES string of the molecule is CC1C(Nc2ccc(-c3ccc(-c4ccccc4)cc3)nn2)C2CCN1CC2. The molecule has 2 atom stereocenters. The molecule has 3 aliphatic rings. The van der Waals surface area contributed by atoms with Crippen LogP contribution in [0.5, 0.6) is 0 Å². The van der Waals surface area contributed by atoms with Gasteiger partial charge in [0.1, 0.15) is 5.82 Å². The average Bonchev–Trinajstić information content (AvgIpc) is 2.78. The number of benzene rings is 2. The highest BCUT2D eigenvalue weighted by molar-refractivity contribution is 5.68. The fraction of sp³-hybridized carbons (Fsp3) is 0.333. The molecule has 4 heteroatoms. The van der Waals surface area contributed by atoms with Crippen molar-refractivity contribution in [2.45, 2.75) is 31.8 Å². The van der Waals surface area contributed by atoms with Gasteiger partial charge in [-0.3, -0.25) is 4.90 Å². The number of piperidine rings is 3. The summed E-state index contributed by atoms with van der Waals surface area (Å²) in [6.45, 7) is 4.82. The Hall–Kier alpha value is -2.72. The molecule has 4 nitrogen and oxygen atoms in total. The van der Waals surface area contributed by atoms with Crippen molar-refractivity contribution in [3.8, 4) is 22.4 Å². The van der Waals surface area contributed by atoms with Crippen LogP contribution in [0.4, 0.5) is 5.82 Å². The van der Waals surface area contributed by atoms with Gasteiger partial charge in [0, 0.05) is 17.6 Å². The van der Waals surface area contributed by atoms with Crippen LogP contribution in [0.25, 0.3) is 22.4 Å². The second-order valence-electron chi connectivity index (χ2n) is 8.03. The van der Waals surface area contributed by atoms with Crippen molar-refractivity contribution in [2.24, 2.45) is 5.92 Å². The molecule has 28 heavy (non-hydrogen) atoms. The van der Waals surface area contributed by atoms with Crippen LogP contribution >= 0.6 is 0 Å². The van der Waals surface area contributed by atoms with Gasteiger partial charge in [0.05, 0.1) is 5.69 Å². The lowest BCUT2D eigenvalue weighted by molar-refractivity contribution is 0.0457. The van der Waals surface area contributed by atoms with Crippen LogP contribution in [0, 0.1) is 5.92 Å². The van der Waals surface area contributed by atoms with Gasteiger partial charge in [-0.1, -0.05) is 54.6 Å². The summed E-state index contributed by atoms with van der Waals surface area (Å²) in [4.78, 5) is 2.59. The lowest BCUT2D eigenvalue weighted by atomic mass is 9.79. The maximum absolute atomic E-state index is 4.48. The number of hydrogen-bond donors (Lipinski definition) is 1. The number of anilines is 1. The number of aromatic nitrogens is 2. The van der Waals surface area contributed by atoms with Crippen molar-refractivity contribution in [1.29, 1.82) is 0 Å². The zero-order chi connectivity index (χ0) is 18.9.